The summed E-state index contributed by atoms with van der Waals surface area (Å²) < 4.78 is 16.0. The maximum absolute atomic E-state index is 14.2. The lowest BCUT2D eigenvalue weighted by molar-refractivity contribution is 0.0367. The molecular formula is C18H19FN4O2. The number of aromatic nitrogens is 2. The summed E-state index contributed by atoms with van der Waals surface area (Å²) in [6, 6.07) is 8.41. The zero-order valence-electron chi connectivity index (χ0n) is 14.3. The average molecular weight is 342 g/mol. The molecule has 1 amide bonds. The number of nitrogens with one attached hydrogen (secondary N) is 2. The second-order valence-corrected chi connectivity index (χ2v) is 5.63. The van der Waals surface area contributed by atoms with Crippen molar-refractivity contribution in [3.63, 3.8) is 0 Å². The number of pyridine rings is 1. The quantitative estimate of drug-likeness (QED) is 0.697. The number of benzene rings is 1. The lowest BCUT2D eigenvalue weighted by atomic mass is 10.2. The summed E-state index contributed by atoms with van der Waals surface area (Å²) in [5, 5.41) is 3.66. The zero-order chi connectivity index (χ0) is 18.0. The predicted octanol–water partition coefficient (Wildman–Crippen LogP) is 3.45. The minimum Gasteiger partial charge on any atom is -0.339 e. The molecule has 0 aliphatic carbocycles. The summed E-state index contributed by atoms with van der Waals surface area (Å²) in [6.45, 7) is 3.92. The lowest BCUT2D eigenvalue weighted by Gasteiger charge is -2.12. The van der Waals surface area contributed by atoms with Crippen LogP contribution in [0.25, 0.3) is 11.0 Å². The second-order valence-electron chi connectivity index (χ2n) is 5.63. The van der Waals surface area contributed by atoms with Gasteiger partial charge in [-0.1, -0.05) is 6.07 Å². The lowest BCUT2D eigenvalue weighted by Crippen LogP contribution is -2.24. The maximum atomic E-state index is 14.2. The number of hydrogen-bond acceptors (Lipinski definition) is 4. The first-order chi connectivity index (χ1) is 12.0. The third-order valence-corrected chi connectivity index (χ3v) is 3.86. The Morgan fingerprint density at radius 2 is 2.16 bits per heavy atom. The molecule has 2 heterocycles. The van der Waals surface area contributed by atoms with Gasteiger partial charge in [0.1, 0.15) is 17.3 Å². The molecule has 0 radical (unpaired) electrons. The monoisotopic (exact) mass is 342 g/mol. The van der Waals surface area contributed by atoms with Crippen molar-refractivity contribution in [3.8, 4) is 0 Å². The predicted molar refractivity (Wildman–Crippen MR) is 94.2 cm³/mol. The van der Waals surface area contributed by atoms with Crippen molar-refractivity contribution in [2.75, 3.05) is 11.9 Å². The molecule has 3 aromatic rings. The van der Waals surface area contributed by atoms with Gasteiger partial charge in [-0.15, -0.1) is 0 Å². The van der Waals surface area contributed by atoms with Crippen LogP contribution in [0.1, 0.15) is 22.8 Å². The topological polar surface area (TPSA) is 68.2 Å². The number of halogens is 1. The van der Waals surface area contributed by atoms with Gasteiger partial charge in [-0.25, -0.2) is 14.9 Å². The van der Waals surface area contributed by atoms with E-state index >= 15 is 0 Å². The van der Waals surface area contributed by atoms with Crippen LogP contribution in [0.2, 0.25) is 0 Å². The van der Waals surface area contributed by atoms with Gasteiger partial charge < -0.3 is 9.88 Å². The van der Waals surface area contributed by atoms with Crippen LogP contribution in [0.4, 0.5) is 15.9 Å². The highest BCUT2D eigenvalue weighted by molar-refractivity contribution is 6.11. The fourth-order valence-electron chi connectivity index (χ4n) is 2.67. The molecule has 25 heavy (non-hydrogen) atoms. The van der Waals surface area contributed by atoms with Crippen LogP contribution in [-0.2, 0) is 11.9 Å². The van der Waals surface area contributed by atoms with E-state index in [0.29, 0.717) is 29.0 Å². The van der Waals surface area contributed by atoms with Gasteiger partial charge in [-0.2, -0.15) is 0 Å². The van der Waals surface area contributed by atoms with Crippen molar-refractivity contribution in [1.29, 1.82) is 0 Å². The summed E-state index contributed by atoms with van der Waals surface area (Å²) in [5.74, 6) is -0.376. The summed E-state index contributed by atoms with van der Waals surface area (Å²) in [6.07, 6.45) is 1.64. The molecule has 2 aromatic heterocycles. The fourth-order valence-corrected chi connectivity index (χ4v) is 2.67. The van der Waals surface area contributed by atoms with Crippen LogP contribution < -0.4 is 10.8 Å². The molecule has 0 bridgehead atoms. The number of hydrogen-bond donors (Lipinski definition) is 2. The molecule has 130 valence electrons. The van der Waals surface area contributed by atoms with E-state index in [1.165, 1.54) is 6.07 Å². The van der Waals surface area contributed by atoms with Crippen molar-refractivity contribution >= 4 is 28.4 Å². The normalized spacial score (nSPS) is 10.9. The van der Waals surface area contributed by atoms with Gasteiger partial charge in [0.15, 0.2) is 0 Å². The highest BCUT2D eigenvalue weighted by atomic mass is 19.1. The van der Waals surface area contributed by atoms with Crippen LogP contribution in [0.5, 0.6) is 0 Å². The Bertz CT molecular complexity index is 936. The highest BCUT2D eigenvalue weighted by Gasteiger charge is 2.23. The number of carbonyl (C=O) groups excluding carboxylic acids is 1. The molecule has 0 atom stereocenters. The first-order valence-corrected chi connectivity index (χ1v) is 7.91. The van der Waals surface area contributed by atoms with Crippen molar-refractivity contribution in [3.05, 3.63) is 53.5 Å². The Labute approximate surface area is 144 Å². The summed E-state index contributed by atoms with van der Waals surface area (Å²) in [7, 11) is 1.77. The number of carbonyl (C=O) groups is 1. The Morgan fingerprint density at radius 3 is 2.88 bits per heavy atom. The third-order valence-electron chi connectivity index (χ3n) is 3.86. The molecule has 0 saturated heterocycles. The standard InChI is InChI=1S/C18H19FN4O2/c1-4-25-22-18(24)15-12-6-5-9-20-16(12)23(3)17(15)21-14-8-7-11(2)10-13(14)19/h5-10,21H,4H2,1-3H3,(H,22,24). The van der Waals surface area contributed by atoms with Crippen molar-refractivity contribution in [1.82, 2.24) is 15.0 Å². The number of nitrogens with zero attached hydrogens (tertiary/aromatic N) is 2. The molecule has 6 nitrogen and oxygen atoms in total. The van der Waals surface area contributed by atoms with E-state index in [2.05, 4.69) is 15.8 Å². The van der Waals surface area contributed by atoms with Crippen LogP contribution >= 0.6 is 0 Å². The molecule has 7 heteroatoms. The molecule has 1 aromatic carbocycles. The first-order valence-electron chi connectivity index (χ1n) is 7.91. The van der Waals surface area contributed by atoms with E-state index in [9.17, 15) is 9.18 Å². The minimum absolute atomic E-state index is 0.280. The number of rotatable bonds is 5. The van der Waals surface area contributed by atoms with E-state index in [1.54, 1.807) is 49.0 Å². The van der Waals surface area contributed by atoms with E-state index in [-0.39, 0.29) is 5.69 Å². The molecule has 0 saturated carbocycles. The smallest absolute Gasteiger partial charge is 0.279 e. The molecule has 0 unspecified atom stereocenters. The Morgan fingerprint density at radius 1 is 1.36 bits per heavy atom. The van der Waals surface area contributed by atoms with Gasteiger partial charge in [0.25, 0.3) is 5.91 Å². The third kappa shape index (κ3) is 3.18. The van der Waals surface area contributed by atoms with Gasteiger partial charge in [0, 0.05) is 18.6 Å². The summed E-state index contributed by atoms with van der Waals surface area (Å²) >= 11 is 0. The second kappa shape index (κ2) is 6.90. The number of hydroxylamine groups is 1. The molecular weight excluding hydrogens is 323 g/mol. The van der Waals surface area contributed by atoms with Crippen LogP contribution in [0.3, 0.4) is 0 Å². The largest absolute Gasteiger partial charge is 0.339 e. The molecule has 0 aliphatic heterocycles. The zero-order valence-corrected chi connectivity index (χ0v) is 14.3. The number of aryl methyl sites for hydroxylation is 2. The molecule has 0 spiro atoms. The SMILES string of the molecule is CCONC(=O)c1c(Nc2ccc(C)cc2F)n(C)c2ncccc12. The molecule has 3 rings (SSSR count). The Hall–Kier alpha value is -2.93. The van der Waals surface area contributed by atoms with E-state index in [1.807, 2.05) is 6.92 Å². The Kier molecular flexibility index (Phi) is 4.67. The van der Waals surface area contributed by atoms with Crippen LogP contribution in [0.15, 0.2) is 36.5 Å². The average Bonchev–Trinajstić information content (AvgIpc) is 2.88. The van der Waals surface area contributed by atoms with Crippen molar-refractivity contribution < 1.29 is 14.0 Å². The minimum atomic E-state index is -0.421. The van der Waals surface area contributed by atoms with Gasteiger partial charge in [-0.05, 0) is 43.7 Å². The van der Waals surface area contributed by atoms with Gasteiger partial charge in [0.05, 0.1) is 17.9 Å². The van der Waals surface area contributed by atoms with E-state index in [0.717, 1.165) is 5.56 Å². The maximum Gasteiger partial charge on any atom is 0.279 e. The molecule has 2 N–H and O–H groups in total. The fraction of sp³-hybridized carbons (Fsp3) is 0.222. The van der Waals surface area contributed by atoms with Crippen molar-refractivity contribution in [2.45, 2.75) is 13.8 Å². The number of fused-ring (bicyclic) bond motifs is 1. The number of anilines is 2. The van der Waals surface area contributed by atoms with Gasteiger partial charge in [0.2, 0.25) is 0 Å². The van der Waals surface area contributed by atoms with Crippen LogP contribution in [-0.4, -0.2) is 22.1 Å². The van der Waals surface area contributed by atoms with Gasteiger partial charge >= 0.3 is 0 Å². The molecule has 0 fully saturated rings. The highest BCUT2D eigenvalue weighted by Crippen LogP contribution is 2.31. The van der Waals surface area contributed by atoms with E-state index < -0.39 is 11.7 Å². The van der Waals surface area contributed by atoms with E-state index in [4.69, 9.17) is 4.84 Å². The van der Waals surface area contributed by atoms with Crippen LogP contribution in [0, 0.1) is 12.7 Å². The van der Waals surface area contributed by atoms with Crippen molar-refractivity contribution in [2.24, 2.45) is 7.05 Å². The Balaban J connectivity index is 2.12. The summed E-state index contributed by atoms with van der Waals surface area (Å²) in [5.41, 5.74) is 4.44. The van der Waals surface area contributed by atoms with Gasteiger partial charge in [-0.3, -0.25) is 9.63 Å². The summed E-state index contributed by atoms with van der Waals surface area (Å²) in [4.78, 5) is 21.9. The first kappa shape index (κ1) is 16.9. The number of amides is 1. The molecule has 0 aliphatic rings.